The lowest BCUT2D eigenvalue weighted by molar-refractivity contribution is 0.160. The Morgan fingerprint density at radius 3 is 2.94 bits per heavy atom. The molecule has 1 fully saturated rings. The summed E-state index contributed by atoms with van der Waals surface area (Å²) in [6.07, 6.45) is 0.398. The Kier molecular flexibility index (Phi) is 3.61. The molecule has 0 aliphatic carbocycles. The van der Waals surface area contributed by atoms with Crippen molar-refractivity contribution in [3.05, 3.63) is 29.8 Å². The number of carbonyl (C=O) groups excluding carboxylic acids is 1. The molecule has 1 aromatic rings. The van der Waals surface area contributed by atoms with E-state index in [1.807, 2.05) is 0 Å². The van der Waals surface area contributed by atoms with Gasteiger partial charge in [0.25, 0.3) is 0 Å². The van der Waals surface area contributed by atoms with E-state index < -0.39 is 6.09 Å². The maximum Gasteiger partial charge on any atom is 0.415 e. The van der Waals surface area contributed by atoms with E-state index in [1.165, 1.54) is 0 Å². The fourth-order valence-corrected chi connectivity index (χ4v) is 1.85. The van der Waals surface area contributed by atoms with Crippen molar-refractivity contribution < 1.29 is 14.6 Å². The number of amides is 1. The Bertz CT molecular complexity index is 408. The van der Waals surface area contributed by atoms with E-state index in [-0.39, 0.29) is 12.6 Å². The van der Waals surface area contributed by atoms with Crippen molar-refractivity contribution in [3.63, 3.8) is 0 Å². The van der Waals surface area contributed by atoms with Crippen molar-refractivity contribution in [1.82, 2.24) is 4.90 Å². The number of carbonyl (C=O) groups is 1. The largest absolute Gasteiger partial charge is 0.415 e. The fourth-order valence-electron chi connectivity index (χ4n) is 1.85. The van der Waals surface area contributed by atoms with E-state index in [4.69, 9.17) is 15.6 Å². The van der Waals surface area contributed by atoms with Crippen LogP contribution in [0.5, 0.6) is 5.75 Å². The molecule has 1 atom stereocenters. The summed E-state index contributed by atoms with van der Waals surface area (Å²) in [5, 5.41) is 9.11. The molecule has 1 aliphatic rings. The summed E-state index contributed by atoms with van der Waals surface area (Å²) in [6.45, 7) is 1.00. The van der Waals surface area contributed by atoms with Gasteiger partial charge in [0.2, 0.25) is 0 Å². The third-order valence-electron chi connectivity index (χ3n) is 2.82. The Hall–Kier alpha value is -1.59. The normalized spacial score (nSPS) is 19.4. The third-order valence-corrected chi connectivity index (χ3v) is 2.82. The van der Waals surface area contributed by atoms with E-state index >= 15 is 0 Å². The quantitative estimate of drug-likeness (QED) is 0.793. The summed E-state index contributed by atoms with van der Waals surface area (Å²) < 4.78 is 5.24. The lowest BCUT2D eigenvalue weighted by Gasteiger charge is -2.16. The molecule has 92 valence electrons. The van der Waals surface area contributed by atoms with Crippen LogP contribution < -0.4 is 10.5 Å². The first-order chi connectivity index (χ1) is 8.20. The van der Waals surface area contributed by atoms with Gasteiger partial charge in [0.15, 0.2) is 0 Å². The van der Waals surface area contributed by atoms with Gasteiger partial charge in [0.1, 0.15) is 5.75 Å². The summed E-state index contributed by atoms with van der Waals surface area (Å²) in [5.41, 5.74) is 6.32. The fraction of sp³-hybridized carbons (Fsp3) is 0.417. The van der Waals surface area contributed by atoms with Gasteiger partial charge in [0, 0.05) is 24.7 Å². The third kappa shape index (κ3) is 2.75. The van der Waals surface area contributed by atoms with E-state index in [2.05, 4.69) is 0 Å². The molecule has 2 rings (SSSR count). The number of para-hydroxylation sites is 1. The average Bonchev–Trinajstić information content (AvgIpc) is 2.77. The summed E-state index contributed by atoms with van der Waals surface area (Å²) in [6, 6.07) is 6.97. The molecule has 1 amide bonds. The number of aliphatic hydroxyl groups is 1. The predicted molar refractivity (Wildman–Crippen MR) is 62.6 cm³/mol. The molecule has 0 bridgehead atoms. The van der Waals surface area contributed by atoms with Crippen molar-refractivity contribution >= 4 is 6.09 Å². The van der Waals surface area contributed by atoms with Crippen LogP contribution in [0.15, 0.2) is 24.3 Å². The Labute approximate surface area is 99.8 Å². The highest BCUT2D eigenvalue weighted by Gasteiger charge is 2.25. The molecule has 0 radical (unpaired) electrons. The molecule has 1 saturated heterocycles. The van der Waals surface area contributed by atoms with E-state index in [1.54, 1.807) is 29.2 Å². The van der Waals surface area contributed by atoms with Gasteiger partial charge in [-0.1, -0.05) is 18.2 Å². The van der Waals surface area contributed by atoms with Crippen LogP contribution in [-0.2, 0) is 6.61 Å². The first kappa shape index (κ1) is 11.9. The predicted octanol–water partition coefficient (Wildman–Crippen LogP) is 0.711. The van der Waals surface area contributed by atoms with Gasteiger partial charge in [-0.2, -0.15) is 0 Å². The number of hydrogen-bond donors (Lipinski definition) is 2. The van der Waals surface area contributed by atoms with Gasteiger partial charge in [-0.15, -0.1) is 0 Å². The molecule has 0 aromatic heterocycles. The van der Waals surface area contributed by atoms with Crippen LogP contribution in [0.3, 0.4) is 0 Å². The standard InChI is InChI=1S/C12H16N2O3/c13-10-5-6-14(7-10)12(16)17-11-4-2-1-3-9(11)8-15/h1-4,10,15H,5-8,13H2/t10-/m1/s1. The molecule has 17 heavy (non-hydrogen) atoms. The average molecular weight is 236 g/mol. The van der Waals surface area contributed by atoms with Gasteiger partial charge in [0.05, 0.1) is 6.61 Å². The minimum Gasteiger partial charge on any atom is -0.410 e. The number of benzene rings is 1. The summed E-state index contributed by atoms with van der Waals surface area (Å²) >= 11 is 0. The highest BCUT2D eigenvalue weighted by atomic mass is 16.6. The minimum absolute atomic E-state index is 0.0376. The molecule has 3 N–H and O–H groups in total. The molecular weight excluding hydrogens is 220 g/mol. The van der Waals surface area contributed by atoms with Crippen LogP contribution in [0, 0.1) is 0 Å². The highest BCUT2D eigenvalue weighted by Crippen LogP contribution is 2.19. The first-order valence-electron chi connectivity index (χ1n) is 5.62. The topological polar surface area (TPSA) is 75.8 Å². The SMILES string of the molecule is N[C@@H]1CCN(C(=O)Oc2ccccc2CO)C1. The van der Waals surface area contributed by atoms with E-state index in [0.717, 1.165) is 6.42 Å². The van der Waals surface area contributed by atoms with E-state index in [9.17, 15) is 4.79 Å². The van der Waals surface area contributed by atoms with Crippen molar-refractivity contribution in [2.24, 2.45) is 5.73 Å². The number of ether oxygens (including phenoxy) is 1. The van der Waals surface area contributed by atoms with Gasteiger partial charge in [-0.05, 0) is 12.5 Å². The summed E-state index contributed by atoms with van der Waals surface area (Å²) in [7, 11) is 0. The van der Waals surface area contributed by atoms with Crippen molar-refractivity contribution in [2.45, 2.75) is 19.1 Å². The van der Waals surface area contributed by atoms with E-state index in [0.29, 0.717) is 24.4 Å². The first-order valence-corrected chi connectivity index (χ1v) is 5.62. The molecule has 1 aromatic carbocycles. The number of nitrogens with two attached hydrogens (primary N) is 1. The van der Waals surface area contributed by atoms with Crippen LogP contribution >= 0.6 is 0 Å². The molecule has 0 saturated carbocycles. The van der Waals surface area contributed by atoms with Crippen molar-refractivity contribution in [3.8, 4) is 5.75 Å². The number of nitrogens with zero attached hydrogens (tertiary/aromatic N) is 1. The van der Waals surface area contributed by atoms with Gasteiger partial charge >= 0.3 is 6.09 Å². The Balaban J connectivity index is 2.03. The smallest absolute Gasteiger partial charge is 0.410 e. The van der Waals surface area contributed by atoms with Gasteiger partial charge in [-0.3, -0.25) is 0 Å². The highest BCUT2D eigenvalue weighted by molar-refractivity contribution is 5.71. The number of rotatable bonds is 2. The second-order valence-electron chi connectivity index (χ2n) is 4.13. The summed E-state index contributed by atoms with van der Waals surface area (Å²) in [4.78, 5) is 13.4. The molecular formula is C12H16N2O3. The maximum atomic E-state index is 11.8. The number of aliphatic hydroxyl groups excluding tert-OH is 1. The summed E-state index contributed by atoms with van der Waals surface area (Å²) in [5.74, 6) is 0.403. The maximum absolute atomic E-state index is 11.8. The van der Waals surface area contributed by atoms with Crippen LogP contribution in [0.4, 0.5) is 4.79 Å². The second-order valence-corrected chi connectivity index (χ2v) is 4.13. The van der Waals surface area contributed by atoms with Gasteiger partial charge in [-0.25, -0.2) is 4.79 Å². The number of hydrogen-bond acceptors (Lipinski definition) is 4. The zero-order valence-electron chi connectivity index (χ0n) is 9.50. The van der Waals surface area contributed by atoms with Gasteiger partial charge < -0.3 is 20.5 Å². The molecule has 1 aliphatic heterocycles. The van der Waals surface area contributed by atoms with Crippen LogP contribution in [-0.4, -0.2) is 35.2 Å². The lowest BCUT2D eigenvalue weighted by Crippen LogP contribution is -2.34. The Morgan fingerprint density at radius 1 is 1.53 bits per heavy atom. The zero-order chi connectivity index (χ0) is 12.3. The van der Waals surface area contributed by atoms with Crippen LogP contribution in [0.25, 0.3) is 0 Å². The number of likely N-dealkylation sites (tertiary alicyclic amines) is 1. The van der Waals surface area contributed by atoms with Crippen molar-refractivity contribution in [2.75, 3.05) is 13.1 Å². The van der Waals surface area contributed by atoms with Crippen LogP contribution in [0.2, 0.25) is 0 Å². The van der Waals surface area contributed by atoms with Crippen molar-refractivity contribution in [1.29, 1.82) is 0 Å². The minimum atomic E-state index is -0.404. The molecule has 1 heterocycles. The lowest BCUT2D eigenvalue weighted by atomic mass is 10.2. The zero-order valence-corrected chi connectivity index (χ0v) is 9.50. The molecule has 0 unspecified atom stereocenters. The Morgan fingerprint density at radius 2 is 2.29 bits per heavy atom. The second kappa shape index (κ2) is 5.16. The van der Waals surface area contributed by atoms with Crippen LogP contribution in [0.1, 0.15) is 12.0 Å². The molecule has 0 spiro atoms. The molecule has 5 heteroatoms. The monoisotopic (exact) mass is 236 g/mol. The molecule has 5 nitrogen and oxygen atoms in total.